The number of benzene rings is 4. The van der Waals surface area contributed by atoms with E-state index in [1.165, 1.54) is 11.1 Å². The van der Waals surface area contributed by atoms with Gasteiger partial charge in [0.1, 0.15) is 11.4 Å². The van der Waals surface area contributed by atoms with Gasteiger partial charge in [-0.2, -0.15) is 0 Å². The smallest absolute Gasteiger partial charge is 0.137 e. The van der Waals surface area contributed by atoms with Crippen LogP contribution in [0.1, 0.15) is 52.7 Å². The fourth-order valence-electron chi connectivity index (χ4n) is 6.23. The molecular formula is C44H41N3O. The van der Waals surface area contributed by atoms with Crippen LogP contribution in [0.25, 0.3) is 61.8 Å². The number of para-hydroxylation sites is 1. The van der Waals surface area contributed by atoms with Crippen LogP contribution in [-0.4, -0.2) is 19.5 Å². The van der Waals surface area contributed by atoms with Crippen LogP contribution in [0.5, 0.6) is 5.75 Å². The highest BCUT2D eigenvalue weighted by atomic mass is 16.3. The number of phenols is 1. The maximum absolute atomic E-state index is 10.9. The van der Waals surface area contributed by atoms with E-state index in [1.807, 2.05) is 42.5 Å². The quantitative estimate of drug-likeness (QED) is 0.207. The Morgan fingerprint density at radius 3 is 1.81 bits per heavy atom. The van der Waals surface area contributed by atoms with Gasteiger partial charge >= 0.3 is 0 Å². The normalized spacial score (nSPS) is 12.0. The lowest BCUT2D eigenvalue weighted by atomic mass is 9.79. The summed E-state index contributed by atoms with van der Waals surface area (Å²) >= 11 is 0. The topological polar surface area (TPSA) is 50.4 Å². The fourth-order valence-corrected chi connectivity index (χ4v) is 6.23. The molecule has 0 aliphatic carbocycles. The molecule has 0 radical (unpaired) electrons. The molecule has 0 fully saturated rings. The van der Waals surface area contributed by atoms with Crippen LogP contribution in [0.2, 0.25) is 0 Å². The van der Waals surface area contributed by atoms with Crippen molar-refractivity contribution < 1.29 is 5.11 Å². The number of hydrogen-bond donors (Lipinski definition) is 1. The highest BCUT2D eigenvalue weighted by molar-refractivity contribution is 5.85. The molecule has 238 valence electrons. The first kappa shape index (κ1) is 31.1. The molecule has 0 amide bonds. The summed E-state index contributed by atoms with van der Waals surface area (Å²) in [5.74, 6) is 0.206. The van der Waals surface area contributed by atoms with Gasteiger partial charge in [-0.3, -0.25) is 4.40 Å². The van der Waals surface area contributed by atoms with E-state index < -0.39 is 0 Å². The molecule has 1 N–H and O–H groups in total. The molecule has 0 atom stereocenters. The second kappa shape index (κ2) is 12.0. The molecule has 0 saturated carbocycles. The molecule has 4 heteroatoms. The zero-order chi connectivity index (χ0) is 33.6. The molecule has 0 aliphatic rings. The predicted octanol–water partition coefficient (Wildman–Crippen LogP) is 11.4. The van der Waals surface area contributed by atoms with E-state index in [2.05, 4.69) is 131 Å². The zero-order valence-electron chi connectivity index (χ0n) is 28.5. The Morgan fingerprint density at radius 2 is 1.10 bits per heavy atom. The average Bonchev–Trinajstić information content (AvgIpc) is 3.48. The Kier molecular flexibility index (Phi) is 7.75. The van der Waals surface area contributed by atoms with Crippen molar-refractivity contribution in [1.29, 1.82) is 0 Å². The molecule has 3 aromatic heterocycles. The number of nitrogens with zero attached hydrogens (tertiary/aromatic N) is 3. The second-order valence-electron chi connectivity index (χ2n) is 14.6. The van der Waals surface area contributed by atoms with Gasteiger partial charge in [0.05, 0.1) is 22.8 Å². The number of phenolic OH excluding ortho intramolecular Hbond substituents is 1. The van der Waals surface area contributed by atoms with Gasteiger partial charge in [-0.25, -0.2) is 9.97 Å². The van der Waals surface area contributed by atoms with E-state index in [-0.39, 0.29) is 16.6 Å². The molecule has 4 aromatic carbocycles. The van der Waals surface area contributed by atoms with Crippen LogP contribution in [0.15, 0.2) is 134 Å². The minimum absolute atomic E-state index is 0.0225. The Bertz CT molecular complexity index is 2230. The first-order valence-electron chi connectivity index (χ1n) is 16.6. The summed E-state index contributed by atoms with van der Waals surface area (Å²) in [5.41, 5.74) is 12.9. The van der Waals surface area contributed by atoms with Crippen molar-refractivity contribution in [2.75, 3.05) is 0 Å². The lowest BCUT2D eigenvalue weighted by molar-refractivity contribution is 0.477. The van der Waals surface area contributed by atoms with Gasteiger partial charge in [-0.15, -0.1) is 0 Å². The maximum atomic E-state index is 10.9. The monoisotopic (exact) mass is 627 g/mol. The summed E-state index contributed by atoms with van der Waals surface area (Å²) in [4.78, 5) is 10.3. The summed E-state index contributed by atoms with van der Waals surface area (Å²) in [6.45, 7) is 13.6. The van der Waals surface area contributed by atoms with E-state index >= 15 is 0 Å². The third kappa shape index (κ3) is 6.02. The molecule has 7 aromatic rings. The van der Waals surface area contributed by atoms with Gasteiger partial charge in [-0.05, 0) is 75.5 Å². The highest BCUT2D eigenvalue weighted by Gasteiger charge is 2.22. The van der Waals surface area contributed by atoms with Crippen molar-refractivity contribution in [3.63, 3.8) is 0 Å². The summed E-state index contributed by atoms with van der Waals surface area (Å²) in [6.07, 6.45) is 2.07. The predicted molar refractivity (Wildman–Crippen MR) is 199 cm³/mol. The number of hydrogen-bond acceptors (Lipinski definition) is 3. The van der Waals surface area contributed by atoms with Crippen LogP contribution in [0, 0.1) is 0 Å². The number of imidazole rings is 1. The van der Waals surface area contributed by atoms with Crippen LogP contribution >= 0.6 is 0 Å². The maximum Gasteiger partial charge on any atom is 0.137 e. The second-order valence-corrected chi connectivity index (χ2v) is 14.6. The van der Waals surface area contributed by atoms with Crippen LogP contribution in [-0.2, 0) is 10.8 Å². The van der Waals surface area contributed by atoms with E-state index in [4.69, 9.17) is 9.97 Å². The van der Waals surface area contributed by atoms with Gasteiger partial charge in [0.2, 0.25) is 0 Å². The van der Waals surface area contributed by atoms with E-state index in [0.29, 0.717) is 5.56 Å². The Balaban J connectivity index is 1.44. The van der Waals surface area contributed by atoms with E-state index in [0.717, 1.165) is 56.2 Å². The minimum atomic E-state index is -0.0225. The largest absolute Gasteiger partial charge is 0.507 e. The third-order valence-corrected chi connectivity index (χ3v) is 9.01. The molecule has 0 bridgehead atoms. The molecule has 4 nitrogen and oxygen atoms in total. The lowest BCUT2D eigenvalue weighted by Gasteiger charge is -2.26. The van der Waals surface area contributed by atoms with E-state index in [1.54, 1.807) is 6.07 Å². The molecule has 0 spiro atoms. The number of pyridine rings is 2. The highest BCUT2D eigenvalue weighted by Crippen LogP contribution is 2.39. The number of aromatic hydroxyl groups is 1. The molecule has 0 aliphatic heterocycles. The molecule has 0 saturated heterocycles. The zero-order valence-corrected chi connectivity index (χ0v) is 28.5. The van der Waals surface area contributed by atoms with Gasteiger partial charge in [0.25, 0.3) is 0 Å². The van der Waals surface area contributed by atoms with Crippen LogP contribution < -0.4 is 0 Å². The number of rotatable bonds is 5. The van der Waals surface area contributed by atoms with Crippen molar-refractivity contribution in [2.45, 2.75) is 52.4 Å². The summed E-state index contributed by atoms with van der Waals surface area (Å²) < 4.78 is 2.15. The fraction of sp³-hybridized carbons (Fsp3) is 0.182. The van der Waals surface area contributed by atoms with Crippen molar-refractivity contribution in [2.24, 2.45) is 0 Å². The first-order valence-corrected chi connectivity index (χ1v) is 16.6. The Labute approximate surface area is 283 Å². The van der Waals surface area contributed by atoms with Crippen molar-refractivity contribution in [3.8, 4) is 61.9 Å². The van der Waals surface area contributed by atoms with Crippen molar-refractivity contribution in [3.05, 3.63) is 145 Å². The molecular weight excluding hydrogens is 587 g/mol. The first-order chi connectivity index (χ1) is 23.0. The van der Waals surface area contributed by atoms with Crippen molar-refractivity contribution >= 4 is 5.65 Å². The Hall–Kier alpha value is -5.48. The molecule has 7 rings (SSSR count). The number of fused-ring (bicyclic) bond motifs is 1. The Morgan fingerprint density at radius 1 is 0.500 bits per heavy atom. The lowest BCUT2D eigenvalue weighted by Crippen LogP contribution is -2.16. The summed E-state index contributed by atoms with van der Waals surface area (Å²) in [6, 6.07) is 43.7. The van der Waals surface area contributed by atoms with Crippen LogP contribution in [0.3, 0.4) is 0 Å². The average molecular weight is 628 g/mol. The van der Waals surface area contributed by atoms with Crippen LogP contribution in [0.4, 0.5) is 0 Å². The summed E-state index contributed by atoms with van der Waals surface area (Å²) in [5, 5.41) is 10.9. The third-order valence-electron chi connectivity index (χ3n) is 9.01. The van der Waals surface area contributed by atoms with Gasteiger partial charge < -0.3 is 5.11 Å². The number of aromatic nitrogens is 3. The van der Waals surface area contributed by atoms with Gasteiger partial charge in [0, 0.05) is 28.5 Å². The molecule has 0 unspecified atom stereocenters. The summed E-state index contributed by atoms with van der Waals surface area (Å²) in [7, 11) is 0. The van der Waals surface area contributed by atoms with E-state index in [9.17, 15) is 5.11 Å². The van der Waals surface area contributed by atoms with Crippen molar-refractivity contribution in [1.82, 2.24) is 14.4 Å². The van der Waals surface area contributed by atoms with Gasteiger partial charge in [0.15, 0.2) is 0 Å². The standard InChI is InChI=1S/C44H41N3O/c1-43(2,3)34-24-32(25-35(28-34)44(4,5)6)33-26-37(45-38(27-33)36-19-10-11-20-39(36)48)30-17-14-18-31(23-30)41-42(29-15-8-7-9-16-29)47-22-13-12-21-40(47)46-41/h7-28,48H,1-6H3. The minimum Gasteiger partial charge on any atom is -0.507 e. The van der Waals surface area contributed by atoms with Gasteiger partial charge in [-0.1, -0.05) is 126 Å². The molecule has 3 heterocycles. The SMILES string of the molecule is CC(C)(C)c1cc(-c2cc(-c3cccc(-c4nc5ccccn5c4-c4ccccc4)c3)nc(-c3ccccc3O)c2)cc(C(C)(C)C)c1. The molecule has 48 heavy (non-hydrogen) atoms.